The molecule has 5 nitrogen and oxygen atoms in total. The molecule has 0 spiro atoms. The Kier molecular flexibility index (Phi) is 5.02. The first-order valence-corrected chi connectivity index (χ1v) is 9.26. The molecule has 0 aliphatic rings. The van der Waals surface area contributed by atoms with E-state index in [4.69, 9.17) is 0 Å². The lowest BCUT2D eigenvalue weighted by molar-refractivity contribution is 0.601. The summed E-state index contributed by atoms with van der Waals surface area (Å²) >= 11 is 0. The second kappa shape index (κ2) is 6.80. The van der Waals surface area contributed by atoms with Gasteiger partial charge in [0.1, 0.15) is 15.9 Å². The molecule has 23 heavy (non-hydrogen) atoms. The number of benzene rings is 1. The highest BCUT2D eigenvalue weighted by atomic mass is 32.2. The molecule has 0 radical (unpaired) electrons. The zero-order valence-corrected chi connectivity index (χ0v) is 14.2. The number of pyridine rings is 1. The maximum atomic E-state index is 11.2. The average Bonchev–Trinajstić information content (AvgIpc) is 2.45. The van der Waals surface area contributed by atoms with E-state index in [1.54, 1.807) is 0 Å². The summed E-state index contributed by atoms with van der Waals surface area (Å²) in [4.78, 5) is 4.29. The molecule has 0 aliphatic carbocycles. The summed E-state index contributed by atoms with van der Waals surface area (Å²) in [5.74, 6) is 0.140. The summed E-state index contributed by atoms with van der Waals surface area (Å²) in [5, 5.41) is 12.5. The fourth-order valence-corrected chi connectivity index (χ4v) is 2.89. The Morgan fingerprint density at radius 3 is 2.43 bits per heavy atom. The zero-order chi connectivity index (χ0) is 17.0. The van der Waals surface area contributed by atoms with Crippen molar-refractivity contribution in [2.24, 2.45) is 0 Å². The molecular weight excluding hydrogens is 310 g/mol. The molecule has 0 aliphatic heterocycles. The minimum Gasteiger partial charge on any atom is -0.354 e. The molecule has 0 saturated heterocycles. The number of anilines is 2. The van der Waals surface area contributed by atoms with Crippen molar-refractivity contribution in [1.29, 1.82) is 5.26 Å². The first-order chi connectivity index (χ1) is 10.8. The molecule has 120 valence electrons. The van der Waals surface area contributed by atoms with Crippen LogP contribution >= 0.6 is 0 Å². The van der Waals surface area contributed by atoms with Crippen LogP contribution in [0.2, 0.25) is 0 Å². The van der Waals surface area contributed by atoms with Gasteiger partial charge in [0.15, 0.2) is 0 Å². The smallest absolute Gasteiger partial charge is 0.147 e. The molecule has 0 saturated carbocycles. The number of rotatable bonds is 5. The first kappa shape index (κ1) is 17.0. The van der Waals surface area contributed by atoms with Crippen LogP contribution in [-0.4, -0.2) is 25.4 Å². The van der Waals surface area contributed by atoms with Crippen molar-refractivity contribution in [1.82, 2.24) is 4.98 Å². The SMILES string of the molecule is Cc1cc(Nc2ccc(CCS(C)(=O)=O)cc2)c(C#N)c(C)n1. The third-order valence-corrected chi connectivity index (χ3v) is 4.38. The van der Waals surface area contributed by atoms with Crippen molar-refractivity contribution in [3.63, 3.8) is 0 Å². The summed E-state index contributed by atoms with van der Waals surface area (Å²) < 4.78 is 22.4. The number of aryl methyl sites for hydroxylation is 3. The van der Waals surface area contributed by atoms with E-state index in [0.29, 0.717) is 17.7 Å². The minimum absolute atomic E-state index is 0.140. The molecule has 1 N–H and O–H groups in total. The van der Waals surface area contributed by atoms with Gasteiger partial charge in [-0.1, -0.05) is 12.1 Å². The highest BCUT2D eigenvalue weighted by Gasteiger charge is 2.08. The van der Waals surface area contributed by atoms with Crippen molar-refractivity contribution in [2.75, 3.05) is 17.3 Å². The largest absolute Gasteiger partial charge is 0.354 e. The lowest BCUT2D eigenvalue weighted by Gasteiger charge is -2.11. The van der Waals surface area contributed by atoms with Gasteiger partial charge >= 0.3 is 0 Å². The van der Waals surface area contributed by atoms with Crippen molar-refractivity contribution < 1.29 is 8.42 Å². The number of nitrogens with zero attached hydrogens (tertiary/aromatic N) is 2. The first-order valence-electron chi connectivity index (χ1n) is 7.20. The van der Waals surface area contributed by atoms with E-state index in [0.717, 1.165) is 22.6 Å². The van der Waals surface area contributed by atoms with Gasteiger partial charge in [0, 0.05) is 17.6 Å². The Balaban J connectivity index is 2.17. The molecule has 1 aromatic carbocycles. The number of aromatic nitrogens is 1. The third kappa shape index (κ3) is 4.80. The summed E-state index contributed by atoms with van der Waals surface area (Å²) in [6.07, 6.45) is 1.73. The maximum absolute atomic E-state index is 11.2. The van der Waals surface area contributed by atoms with Crippen LogP contribution < -0.4 is 5.32 Å². The minimum atomic E-state index is -2.96. The maximum Gasteiger partial charge on any atom is 0.147 e. The molecule has 1 aromatic heterocycles. The van der Waals surface area contributed by atoms with E-state index in [2.05, 4.69) is 16.4 Å². The highest BCUT2D eigenvalue weighted by molar-refractivity contribution is 7.90. The van der Waals surface area contributed by atoms with Crippen molar-refractivity contribution in [3.05, 3.63) is 52.8 Å². The van der Waals surface area contributed by atoms with Gasteiger partial charge in [-0.15, -0.1) is 0 Å². The predicted octanol–water partition coefficient (Wildman–Crippen LogP) is 2.90. The Labute approximate surface area is 136 Å². The van der Waals surface area contributed by atoms with E-state index in [1.807, 2.05) is 44.2 Å². The molecule has 2 rings (SSSR count). The highest BCUT2D eigenvalue weighted by Crippen LogP contribution is 2.23. The van der Waals surface area contributed by atoms with Crippen LogP contribution in [0, 0.1) is 25.2 Å². The van der Waals surface area contributed by atoms with Gasteiger partial charge in [-0.2, -0.15) is 5.26 Å². The van der Waals surface area contributed by atoms with Crippen LogP contribution in [0.4, 0.5) is 11.4 Å². The van der Waals surface area contributed by atoms with Crippen molar-refractivity contribution in [2.45, 2.75) is 20.3 Å². The molecule has 1 heterocycles. The lowest BCUT2D eigenvalue weighted by Crippen LogP contribution is -2.05. The zero-order valence-electron chi connectivity index (χ0n) is 13.4. The second-order valence-electron chi connectivity index (χ2n) is 5.59. The Morgan fingerprint density at radius 2 is 1.87 bits per heavy atom. The van der Waals surface area contributed by atoms with E-state index in [1.165, 1.54) is 6.26 Å². The third-order valence-electron chi connectivity index (χ3n) is 3.43. The molecule has 0 atom stereocenters. The van der Waals surface area contributed by atoms with Crippen LogP contribution in [0.15, 0.2) is 30.3 Å². The normalized spacial score (nSPS) is 11.0. The van der Waals surface area contributed by atoms with Crippen molar-refractivity contribution >= 4 is 21.2 Å². The molecule has 0 amide bonds. The van der Waals surface area contributed by atoms with Crippen LogP contribution in [0.1, 0.15) is 22.5 Å². The quantitative estimate of drug-likeness (QED) is 0.912. The van der Waals surface area contributed by atoms with Crippen LogP contribution in [0.3, 0.4) is 0 Å². The van der Waals surface area contributed by atoms with Gasteiger partial charge in [0.2, 0.25) is 0 Å². The number of sulfone groups is 1. The molecule has 2 aromatic rings. The Bertz CT molecular complexity index is 851. The lowest BCUT2D eigenvalue weighted by atomic mass is 10.1. The van der Waals surface area contributed by atoms with Gasteiger partial charge in [-0.25, -0.2) is 8.42 Å². The summed E-state index contributed by atoms with van der Waals surface area (Å²) in [7, 11) is -2.96. The predicted molar refractivity (Wildman–Crippen MR) is 91.6 cm³/mol. The molecular formula is C17H19N3O2S. The topological polar surface area (TPSA) is 82.9 Å². The molecule has 0 unspecified atom stereocenters. The van der Waals surface area contributed by atoms with E-state index >= 15 is 0 Å². The van der Waals surface area contributed by atoms with Gasteiger partial charge in [0.25, 0.3) is 0 Å². The summed E-state index contributed by atoms with van der Waals surface area (Å²) in [6.45, 7) is 3.69. The van der Waals surface area contributed by atoms with Crippen LogP contribution in [0.25, 0.3) is 0 Å². The second-order valence-corrected chi connectivity index (χ2v) is 7.84. The van der Waals surface area contributed by atoms with Gasteiger partial charge in [-0.3, -0.25) is 4.98 Å². The van der Waals surface area contributed by atoms with Gasteiger partial charge < -0.3 is 5.32 Å². The van der Waals surface area contributed by atoms with E-state index < -0.39 is 9.84 Å². The Hall–Kier alpha value is -2.39. The monoisotopic (exact) mass is 329 g/mol. The van der Waals surface area contributed by atoms with Crippen LogP contribution in [-0.2, 0) is 16.3 Å². The number of hydrogen-bond acceptors (Lipinski definition) is 5. The molecule has 0 fully saturated rings. The van der Waals surface area contributed by atoms with Crippen molar-refractivity contribution in [3.8, 4) is 6.07 Å². The van der Waals surface area contributed by atoms with E-state index in [9.17, 15) is 13.7 Å². The fraction of sp³-hybridized carbons (Fsp3) is 0.294. The van der Waals surface area contributed by atoms with Crippen LogP contribution in [0.5, 0.6) is 0 Å². The number of hydrogen-bond donors (Lipinski definition) is 1. The van der Waals surface area contributed by atoms with Gasteiger partial charge in [0.05, 0.1) is 22.7 Å². The molecule has 6 heteroatoms. The average molecular weight is 329 g/mol. The Morgan fingerprint density at radius 1 is 1.22 bits per heavy atom. The number of nitrogens with one attached hydrogen (secondary N) is 1. The summed E-state index contributed by atoms with van der Waals surface area (Å²) in [5.41, 5.74) is 4.59. The van der Waals surface area contributed by atoms with Gasteiger partial charge in [-0.05, 0) is 44.0 Å². The van der Waals surface area contributed by atoms with E-state index in [-0.39, 0.29) is 5.75 Å². The standard InChI is InChI=1S/C17H19N3O2S/c1-12-10-17(16(11-18)13(2)19-12)20-15-6-4-14(5-7-15)8-9-23(3,21)22/h4-7,10H,8-9H2,1-3H3,(H,19,20). The molecule has 0 bridgehead atoms. The fourth-order valence-electron chi connectivity index (χ4n) is 2.28. The summed E-state index contributed by atoms with van der Waals surface area (Å²) in [6, 6.07) is 11.5. The number of nitriles is 1.